The molecule has 0 radical (unpaired) electrons. The fourth-order valence-corrected chi connectivity index (χ4v) is 2.48. The molecule has 1 aromatic rings. The highest BCUT2D eigenvalue weighted by atomic mass is 16.5. The highest BCUT2D eigenvalue weighted by molar-refractivity contribution is 5.51. The molecule has 0 saturated carbocycles. The van der Waals surface area contributed by atoms with Gasteiger partial charge in [0.15, 0.2) is 0 Å². The summed E-state index contributed by atoms with van der Waals surface area (Å²) in [6, 6.07) is 0. The predicted molar refractivity (Wildman–Crippen MR) is 66.4 cm³/mol. The Balaban J connectivity index is 1.99. The maximum atomic E-state index is 5.47. The van der Waals surface area contributed by atoms with Gasteiger partial charge in [0.05, 0.1) is 18.9 Å². The normalized spacial score (nSPS) is 19.2. The zero-order valence-electron chi connectivity index (χ0n) is 10.2. The van der Waals surface area contributed by atoms with Crippen LogP contribution in [0.3, 0.4) is 0 Å². The van der Waals surface area contributed by atoms with Gasteiger partial charge in [0.2, 0.25) is 5.95 Å². The van der Waals surface area contributed by atoms with Crippen LogP contribution in [0.25, 0.3) is 0 Å². The predicted octanol–water partition coefficient (Wildman–Crippen LogP) is 1.19. The molecule has 3 heterocycles. The van der Waals surface area contributed by atoms with E-state index in [9.17, 15) is 0 Å². The van der Waals surface area contributed by atoms with Gasteiger partial charge in [0.25, 0.3) is 0 Å². The summed E-state index contributed by atoms with van der Waals surface area (Å²) in [6.07, 6.45) is 3.39. The van der Waals surface area contributed by atoms with Gasteiger partial charge in [-0.25, -0.2) is 4.98 Å². The summed E-state index contributed by atoms with van der Waals surface area (Å²) in [5.41, 5.74) is 2.28. The fraction of sp³-hybridized carbons (Fsp3) is 0.667. The Kier molecular flexibility index (Phi) is 2.84. The molecule has 0 amide bonds. The Bertz CT molecular complexity index is 398. The van der Waals surface area contributed by atoms with E-state index in [1.54, 1.807) is 0 Å². The molecule has 5 heteroatoms. The Morgan fingerprint density at radius 3 is 2.82 bits per heavy atom. The molecule has 1 fully saturated rings. The van der Waals surface area contributed by atoms with Crippen LogP contribution in [-0.4, -0.2) is 36.7 Å². The first kappa shape index (κ1) is 10.8. The van der Waals surface area contributed by atoms with Gasteiger partial charge < -0.3 is 15.0 Å². The van der Waals surface area contributed by atoms with E-state index in [2.05, 4.69) is 15.2 Å². The molecule has 1 aromatic heterocycles. The van der Waals surface area contributed by atoms with Crippen LogP contribution in [0, 0.1) is 0 Å². The SMILES string of the molecule is CNc1nc(N2CCCC2)nc2c1COCC2. The number of rotatable bonds is 2. The van der Waals surface area contributed by atoms with Crippen LogP contribution in [-0.2, 0) is 17.8 Å². The van der Waals surface area contributed by atoms with Crippen LogP contribution < -0.4 is 10.2 Å². The monoisotopic (exact) mass is 234 g/mol. The molecule has 2 aliphatic heterocycles. The minimum atomic E-state index is 0.631. The molecular formula is C12H18N4O. The number of anilines is 2. The van der Waals surface area contributed by atoms with E-state index in [0.29, 0.717) is 6.61 Å². The maximum Gasteiger partial charge on any atom is 0.227 e. The Morgan fingerprint density at radius 2 is 2.06 bits per heavy atom. The molecule has 0 aromatic carbocycles. The van der Waals surface area contributed by atoms with E-state index < -0.39 is 0 Å². The summed E-state index contributed by atoms with van der Waals surface area (Å²) in [4.78, 5) is 11.6. The van der Waals surface area contributed by atoms with Crippen LogP contribution in [0.5, 0.6) is 0 Å². The average molecular weight is 234 g/mol. The Hall–Kier alpha value is -1.36. The van der Waals surface area contributed by atoms with E-state index >= 15 is 0 Å². The highest BCUT2D eigenvalue weighted by Crippen LogP contribution is 2.26. The smallest absolute Gasteiger partial charge is 0.227 e. The summed E-state index contributed by atoms with van der Waals surface area (Å²) in [5.74, 6) is 1.81. The van der Waals surface area contributed by atoms with Gasteiger partial charge in [0, 0.05) is 32.1 Å². The molecule has 2 aliphatic rings. The van der Waals surface area contributed by atoms with Gasteiger partial charge in [-0.3, -0.25) is 0 Å². The second-order valence-corrected chi connectivity index (χ2v) is 4.54. The number of ether oxygens (including phenoxy) is 1. The molecule has 0 spiro atoms. The average Bonchev–Trinajstić information content (AvgIpc) is 2.91. The Morgan fingerprint density at radius 1 is 1.24 bits per heavy atom. The van der Waals surface area contributed by atoms with Crippen LogP contribution in [0.1, 0.15) is 24.1 Å². The lowest BCUT2D eigenvalue weighted by Gasteiger charge is -2.22. The molecule has 3 rings (SSSR count). The van der Waals surface area contributed by atoms with Crippen LogP contribution in [0.15, 0.2) is 0 Å². The number of hydrogen-bond donors (Lipinski definition) is 1. The zero-order chi connectivity index (χ0) is 11.7. The van der Waals surface area contributed by atoms with Crippen LogP contribution >= 0.6 is 0 Å². The number of nitrogens with zero attached hydrogens (tertiary/aromatic N) is 3. The third-order valence-electron chi connectivity index (χ3n) is 3.44. The van der Waals surface area contributed by atoms with Gasteiger partial charge in [-0.2, -0.15) is 4.98 Å². The fourth-order valence-electron chi connectivity index (χ4n) is 2.48. The van der Waals surface area contributed by atoms with Crippen molar-refractivity contribution in [1.82, 2.24) is 9.97 Å². The van der Waals surface area contributed by atoms with E-state index in [4.69, 9.17) is 9.72 Å². The minimum absolute atomic E-state index is 0.631. The van der Waals surface area contributed by atoms with Gasteiger partial charge in [0.1, 0.15) is 5.82 Å². The minimum Gasteiger partial charge on any atom is -0.376 e. The molecule has 17 heavy (non-hydrogen) atoms. The molecule has 1 saturated heterocycles. The van der Waals surface area contributed by atoms with Crippen molar-refractivity contribution in [3.63, 3.8) is 0 Å². The van der Waals surface area contributed by atoms with Crippen molar-refractivity contribution in [1.29, 1.82) is 0 Å². The van der Waals surface area contributed by atoms with Crippen molar-refractivity contribution in [2.45, 2.75) is 25.9 Å². The zero-order valence-corrected chi connectivity index (χ0v) is 10.2. The van der Waals surface area contributed by atoms with E-state index in [-0.39, 0.29) is 0 Å². The van der Waals surface area contributed by atoms with Crippen molar-refractivity contribution in [2.24, 2.45) is 0 Å². The molecule has 0 bridgehead atoms. The van der Waals surface area contributed by atoms with Gasteiger partial charge >= 0.3 is 0 Å². The lowest BCUT2D eigenvalue weighted by Crippen LogP contribution is -2.24. The van der Waals surface area contributed by atoms with E-state index in [0.717, 1.165) is 49.1 Å². The second-order valence-electron chi connectivity index (χ2n) is 4.54. The molecular weight excluding hydrogens is 216 g/mol. The maximum absolute atomic E-state index is 5.47. The number of fused-ring (bicyclic) bond motifs is 1. The molecule has 0 aliphatic carbocycles. The number of hydrogen-bond acceptors (Lipinski definition) is 5. The lowest BCUT2D eigenvalue weighted by molar-refractivity contribution is 0.109. The highest BCUT2D eigenvalue weighted by Gasteiger charge is 2.21. The first-order chi connectivity index (χ1) is 8.38. The molecule has 0 atom stereocenters. The summed E-state index contributed by atoms with van der Waals surface area (Å²) >= 11 is 0. The lowest BCUT2D eigenvalue weighted by atomic mass is 10.1. The second kappa shape index (κ2) is 4.49. The van der Waals surface area contributed by atoms with E-state index in [1.165, 1.54) is 12.8 Å². The van der Waals surface area contributed by atoms with Crippen molar-refractivity contribution >= 4 is 11.8 Å². The third kappa shape index (κ3) is 1.95. The van der Waals surface area contributed by atoms with Crippen molar-refractivity contribution in [3.05, 3.63) is 11.3 Å². The molecule has 92 valence electrons. The molecule has 0 unspecified atom stereocenters. The number of aromatic nitrogens is 2. The van der Waals surface area contributed by atoms with Crippen molar-refractivity contribution in [3.8, 4) is 0 Å². The summed E-state index contributed by atoms with van der Waals surface area (Å²) in [5, 5.41) is 3.16. The quantitative estimate of drug-likeness (QED) is 0.833. The van der Waals surface area contributed by atoms with Crippen molar-refractivity contribution in [2.75, 3.05) is 37.0 Å². The van der Waals surface area contributed by atoms with Gasteiger partial charge in [-0.15, -0.1) is 0 Å². The third-order valence-corrected chi connectivity index (χ3v) is 3.44. The van der Waals surface area contributed by atoms with Gasteiger partial charge in [-0.1, -0.05) is 0 Å². The summed E-state index contributed by atoms with van der Waals surface area (Å²) in [7, 11) is 1.91. The number of nitrogens with one attached hydrogen (secondary N) is 1. The van der Waals surface area contributed by atoms with Crippen LogP contribution in [0.4, 0.5) is 11.8 Å². The summed E-state index contributed by atoms with van der Waals surface area (Å²) < 4.78 is 5.47. The standard InChI is InChI=1S/C12H18N4O/c1-13-11-9-8-17-7-4-10(9)14-12(15-11)16-5-2-3-6-16/h2-8H2,1H3,(H,13,14,15). The largest absolute Gasteiger partial charge is 0.376 e. The molecule has 1 N–H and O–H groups in total. The topological polar surface area (TPSA) is 50.3 Å². The van der Waals surface area contributed by atoms with Gasteiger partial charge in [-0.05, 0) is 12.8 Å². The first-order valence-corrected chi connectivity index (χ1v) is 6.28. The summed E-state index contributed by atoms with van der Waals surface area (Å²) in [6.45, 7) is 3.56. The van der Waals surface area contributed by atoms with E-state index in [1.807, 2.05) is 7.05 Å². The molecule has 5 nitrogen and oxygen atoms in total. The van der Waals surface area contributed by atoms with Crippen LogP contribution in [0.2, 0.25) is 0 Å². The first-order valence-electron chi connectivity index (χ1n) is 6.28. The Labute approximate surface area is 101 Å². The van der Waals surface area contributed by atoms with Crippen molar-refractivity contribution < 1.29 is 4.74 Å².